The average molecular weight is 117 g/mol. The Morgan fingerprint density at radius 1 is 1.50 bits per heavy atom. The second-order valence-corrected chi connectivity index (χ2v) is 2.79. The SMILES string of the molecule is CC(C)C1(F)CNC1. The Hall–Kier alpha value is -0.110. The molecule has 8 heavy (non-hydrogen) atoms. The third kappa shape index (κ3) is 0.730. The van der Waals surface area contributed by atoms with Crippen LogP contribution in [0.3, 0.4) is 0 Å². The molecular formula is C6H12FN. The predicted octanol–water partition coefficient (Wildman–Crippen LogP) is 0.954. The number of hydrogen-bond donors (Lipinski definition) is 1. The Morgan fingerprint density at radius 2 is 2.00 bits per heavy atom. The first-order chi connectivity index (χ1) is 3.65. The average Bonchev–Trinajstić information content (AvgIpc) is 1.60. The van der Waals surface area contributed by atoms with Crippen molar-refractivity contribution in [3.8, 4) is 0 Å². The summed E-state index contributed by atoms with van der Waals surface area (Å²) in [6, 6.07) is 0. The number of alkyl halides is 1. The van der Waals surface area contributed by atoms with E-state index in [1.165, 1.54) is 0 Å². The molecule has 0 aromatic carbocycles. The zero-order chi connectivity index (χ0) is 6.20. The topological polar surface area (TPSA) is 12.0 Å². The van der Waals surface area contributed by atoms with Gasteiger partial charge in [0.25, 0.3) is 0 Å². The highest BCUT2D eigenvalue weighted by Gasteiger charge is 2.39. The van der Waals surface area contributed by atoms with Gasteiger partial charge in [-0.25, -0.2) is 4.39 Å². The molecule has 1 N–H and O–H groups in total. The van der Waals surface area contributed by atoms with Crippen LogP contribution in [-0.4, -0.2) is 18.8 Å². The molecule has 0 bridgehead atoms. The zero-order valence-corrected chi connectivity index (χ0v) is 5.37. The van der Waals surface area contributed by atoms with Crippen molar-refractivity contribution in [2.24, 2.45) is 5.92 Å². The largest absolute Gasteiger partial charge is 0.310 e. The molecule has 1 nitrogen and oxygen atoms in total. The maximum atomic E-state index is 13.0. The van der Waals surface area contributed by atoms with Crippen LogP contribution in [0.5, 0.6) is 0 Å². The fraction of sp³-hybridized carbons (Fsp3) is 1.00. The maximum Gasteiger partial charge on any atom is 0.138 e. The molecule has 0 atom stereocenters. The predicted molar refractivity (Wildman–Crippen MR) is 31.5 cm³/mol. The van der Waals surface area contributed by atoms with E-state index in [4.69, 9.17) is 0 Å². The lowest BCUT2D eigenvalue weighted by molar-refractivity contribution is 0.0400. The number of halogens is 1. The lowest BCUT2D eigenvalue weighted by atomic mass is 9.87. The second-order valence-electron chi connectivity index (χ2n) is 2.79. The van der Waals surface area contributed by atoms with E-state index in [9.17, 15) is 4.39 Å². The van der Waals surface area contributed by atoms with E-state index in [0.29, 0.717) is 13.1 Å². The maximum absolute atomic E-state index is 13.0. The summed E-state index contributed by atoms with van der Waals surface area (Å²) < 4.78 is 13.0. The molecule has 0 unspecified atom stereocenters. The Balaban J connectivity index is 2.41. The fourth-order valence-corrected chi connectivity index (χ4v) is 0.772. The van der Waals surface area contributed by atoms with Crippen molar-refractivity contribution >= 4 is 0 Å². The van der Waals surface area contributed by atoms with Crippen molar-refractivity contribution < 1.29 is 4.39 Å². The molecule has 1 aliphatic heterocycles. The third-order valence-corrected chi connectivity index (χ3v) is 1.87. The monoisotopic (exact) mass is 117 g/mol. The first kappa shape index (κ1) is 6.02. The van der Waals surface area contributed by atoms with Crippen LogP contribution in [0.25, 0.3) is 0 Å². The molecule has 1 aliphatic rings. The van der Waals surface area contributed by atoms with Crippen LogP contribution >= 0.6 is 0 Å². The van der Waals surface area contributed by atoms with E-state index < -0.39 is 5.67 Å². The lowest BCUT2D eigenvalue weighted by Gasteiger charge is -2.38. The van der Waals surface area contributed by atoms with Gasteiger partial charge < -0.3 is 5.32 Å². The minimum atomic E-state index is -0.889. The van der Waals surface area contributed by atoms with Gasteiger partial charge in [0.05, 0.1) is 0 Å². The van der Waals surface area contributed by atoms with Crippen LogP contribution in [0.4, 0.5) is 4.39 Å². The van der Waals surface area contributed by atoms with Gasteiger partial charge in [0, 0.05) is 13.1 Å². The highest BCUT2D eigenvalue weighted by atomic mass is 19.1. The van der Waals surface area contributed by atoms with Crippen molar-refractivity contribution in [1.29, 1.82) is 0 Å². The van der Waals surface area contributed by atoms with Gasteiger partial charge in [-0.2, -0.15) is 0 Å². The van der Waals surface area contributed by atoms with Gasteiger partial charge in [0.15, 0.2) is 0 Å². The smallest absolute Gasteiger partial charge is 0.138 e. The minimum absolute atomic E-state index is 0.170. The van der Waals surface area contributed by atoms with Crippen molar-refractivity contribution in [2.75, 3.05) is 13.1 Å². The lowest BCUT2D eigenvalue weighted by Crippen LogP contribution is -2.59. The number of hydrogen-bond acceptors (Lipinski definition) is 1. The summed E-state index contributed by atoms with van der Waals surface area (Å²) in [7, 11) is 0. The summed E-state index contributed by atoms with van der Waals surface area (Å²) in [6.45, 7) is 4.93. The zero-order valence-electron chi connectivity index (χ0n) is 5.37. The molecule has 0 aliphatic carbocycles. The minimum Gasteiger partial charge on any atom is -0.310 e. The molecule has 1 rings (SSSR count). The summed E-state index contributed by atoms with van der Waals surface area (Å²) in [5, 5.41) is 2.91. The molecule has 0 aromatic heterocycles. The van der Waals surface area contributed by atoms with Gasteiger partial charge in [-0.1, -0.05) is 13.8 Å². The summed E-state index contributed by atoms with van der Waals surface area (Å²) in [5.74, 6) is 0.170. The van der Waals surface area contributed by atoms with Crippen molar-refractivity contribution in [3.63, 3.8) is 0 Å². The Bertz CT molecular complexity index is 86.5. The van der Waals surface area contributed by atoms with Crippen LogP contribution in [0.1, 0.15) is 13.8 Å². The van der Waals surface area contributed by atoms with Crippen molar-refractivity contribution in [2.45, 2.75) is 19.5 Å². The summed E-state index contributed by atoms with van der Waals surface area (Å²) in [4.78, 5) is 0. The van der Waals surface area contributed by atoms with E-state index in [1.807, 2.05) is 13.8 Å². The van der Waals surface area contributed by atoms with Crippen LogP contribution in [0, 0.1) is 5.92 Å². The molecule has 0 aromatic rings. The molecule has 0 spiro atoms. The second kappa shape index (κ2) is 1.69. The molecule has 1 fully saturated rings. The summed E-state index contributed by atoms with van der Waals surface area (Å²) >= 11 is 0. The van der Waals surface area contributed by atoms with E-state index in [2.05, 4.69) is 5.32 Å². The quantitative estimate of drug-likeness (QED) is 0.539. The van der Waals surface area contributed by atoms with Gasteiger partial charge in [0.1, 0.15) is 5.67 Å². The molecule has 0 radical (unpaired) electrons. The standard InChI is InChI=1S/C6H12FN/c1-5(2)6(7)3-8-4-6/h5,8H,3-4H2,1-2H3. The first-order valence-corrected chi connectivity index (χ1v) is 3.05. The van der Waals surface area contributed by atoms with Crippen molar-refractivity contribution in [1.82, 2.24) is 5.32 Å². The van der Waals surface area contributed by atoms with Gasteiger partial charge in [-0.05, 0) is 5.92 Å². The Kier molecular flexibility index (Phi) is 1.27. The van der Waals surface area contributed by atoms with Crippen LogP contribution in [0.15, 0.2) is 0 Å². The molecular weight excluding hydrogens is 105 g/mol. The third-order valence-electron chi connectivity index (χ3n) is 1.87. The van der Waals surface area contributed by atoms with Gasteiger partial charge in [0.2, 0.25) is 0 Å². The number of nitrogens with one attached hydrogen (secondary N) is 1. The van der Waals surface area contributed by atoms with Crippen LogP contribution < -0.4 is 5.32 Å². The summed E-state index contributed by atoms with van der Waals surface area (Å²) in [5.41, 5.74) is -0.889. The van der Waals surface area contributed by atoms with E-state index >= 15 is 0 Å². The number of rotatable bonds is 1. The molecule has 0 amide bonds. The highest BCUT2D eigenvalue weighted by Crippen LogP contribution is 2.25. The molecule has 48 valence electrons. The van der Waals surface area contributed by atoms with Gasteiger partial charge in [-0.15, -0.1) is 0 Å². The van der Waals surface area contributed by atoms with Crippen LogP contribution in [-0.2, 0) is 0 Å². The van der Waals surface area contributed by atoms with Gasteiger partial charge in [-0.3, -0.25) is 0 Å². The molecule has 0 saturated carbocycles. The fourth-order valence-electron chi connectivity index (χ4n) is 0.772. The molecule has 2 heteroatoms. The molecule has 1 saturated heterocycles. The normalized spacial score (nSPS) is 25.5. The Labute approximate surface area is 49.3 Å². The highest BCUT2D eigenvalue weighted by molar-refractivity contribution is 4.95. The first-order valence-electron chi connectivity index (χ1n) is 3.05. The Morgan fingerprint density at radius 3 is 2.00 bits per heavy atom. The van der Waals surface area contributed by atoms with Crippen molar-refractivity contribution in [3.05, 3.63) is 0 Å². The summed E-state index contributed by atoms with van der Waals surface area (Å²) in [6.07, 6.45) is 0. The van der Waals surface area contributed by atoms with E-state index in [-0.39, 0.29) is 5.92 Å². The van der Waals surface area contributed by atoms with E-state index in [0.717, 1.165) is 0 Å². The van der Waals surface area contributed by atoms with Crippen LogP contribution in [0.2, 0.25) is 0 Å². The van der Waals surface area contributed by atoms with E-state index in [1.54, 1.807) is 0 Å². The van der Waals surface area contributed by atoms with Gasteiger partial charge >= 0.3 is 0 Å². The molecule has 1 heterocycles.